The summed E-state index contributed by atoms with van der Waals surface area (Å²) < 4.78 is 0. The minimum atomic E-state index is 0.225. The predicted molar refractivity (Wildman–Crippen MR) is 73.1 cm³/mol. The molecule has 0 aliphatic rings. The summed E-state index contributed by atoms with van der Waals surface area (Å²) >= 11 is 1.78. The molecule has 0 saturated carbocycles. The highest BCUT2D eigenvalue weighted by Gasteiger charge is 2.00. The summed E-state index contributed by atoms with van der Waals surface area (Å²) in [5, 5.41) is 2.61. The Bertz CT molecular complexity index is 491. The summed E-state index contributed by atoms with van der Waals surface area (Å²) in [7, 11) is 0. The number of hydrogen-bond acceptors (Lipinski definition) is 2. The molecular weight excluding hydrogens is 214 g/mol. The number of hydrogen-bond donors (Lipinski definition) is 1. The number of benzene rings is 2. The Kier molecular flexibility index (Phi) is 3.52. The lowest BCUT2D eigenvalue weighted by atomic mass is 10.0. The van der Waals surface area contributed by atoms with E-state index in [1.807, 2.05) is 6.92 Å². The Morgan fingerprint density at radius 1 is 1.12 bits per heavy atom. The summed E-state index contributed by atoms with van der Waals surface area (Å²) in [5.41, 5.74) is 7.13. The third-order valence-corrected chi connectivity index (χ3v) is 3.39. The largest absolute Gasteiger partial charge is 0.328 e. The minimum absolute atomic E-state index is 0.225. The van der Waals surface area contributed by atoms with Gasteiger partial charge in [0, 0.05) is 10.9 Å². The van der Waals surface area contributed by atoms with Crippen LogP contribution in [0, 0.1) is 0 Å². The van der Waals surface area contributed by atoms with E-state index in [1.54, 1.807) is 11.8 Å². The second-order valence-electron chi connectivity index (χ2n) is 4.23. The molecule has 0 amide bonds. The van der Waals surface area contributed by atoms with Gasteiger partial charge in [-0.2, -0.15) is 0 Å². The van der Waals surface area contributed by atoms with Gasteiger partial charge in [0.1, 0.15) is 0 Å². The van der Waals surface area contributed by atoms with Crippen LogP contribution in [0.1, 0.15) is 12.5 Å². The molecule has 1 atom stereocenters. The molecular formula is C14H17NS. The van der Waals surface area contributed by atoms with Crippen LogP contribution >= 0.6 is 11.8 Å². The zero-order valence-corrected chi connectivity index (χ0v) is 10.6. The molecule has 0 bridgehead atoms. The SMILES string of the molecule is CSc1ccc2cc(CC(C)N)ccc2c1. The maximum Gasteiger partial charge on any atom is 0.00755 e. The van der Waals surface area contributed by atoms with Crippen molar-refractivity contribution in [3.8, 4) is 0 Å². The van der Waals surface area contributed by atoms with Crippen molar-refractivity contribution in [2.75, 3.05) is 6.26 Å². The molecule has 2 rings (SSSR count). The molecule has 0 saturated heterocycles. The summed E-state index contributed by atoms with van der Waals surface area (Å²) in [6, 6.07) is 13.4. The van der Waals surface area contributed by atoms with Crippen molar-refractivity contribution in [1.29, 1.82) is 0 Å². The molecule has 2 aromatic rings. The van der Waals surface area contributed by atoms with E-state index in [1.165, 1.54) is 21.2 Å². The van der Waals surface area contributed by atoms with Gasteiger partial charge in [-0.3, -0.25) is 0 Å². The van der Waals surface area contributed by atoms with E-state index in [0.717, 1.165) is 6.42 Å². The van der Waals surface area contributed by atoms with Gasteiger partial charge in [0.2, 0.25) is 0 Å². The van der Waals surface area contributed by atoms with E-state index in [-0.39, 0.29) is 6.04 Å². The van der Waals surface area contributed by atoms with Crippen molar-refractivity contribution in [3.05, 3.63) is 42.0 Å². The maximum atomic E-state index is 5.81. The van der Waals surface area contributed by atoms with Gasteiger partial charge >= 0.3 is 0 Å². The minimum Gasteiger partial charge on any atom is -0.328 e. The Hall–Kier alpha value is -0.990. The van der Waals surface area contributed by atoms with Gasteiger partial charge in [-0.15, -0.1) is 11.8 Å². The van der Waals surface area contributed by atoms with Crippen molar-refractivity contribution in [2.45, 2.75) is 24.3 Å². The van der Waals surface area contributed by atoms with E-state index in [2.05, 4.69) is 42.7 Å². The first-order valence-electron chi connectivity index (χ1n) is 5.51. The molecule has 2 N–H and O–H groups in total. The summed E-state index contributed by atoms with van der Waals surface area (Å²) in [5.74, 6) is 0. The second-order valence-corrected chi connectivity index (χ2v) is 5.11. The van der Waals surface area contributed by atoms with E-state index >= 15 is 0 Å². The topological polar surface area (TPSA) is 26.0 Å². The van der Waals surface area contributed by atoms with E-state index in [0.29, 0.717) is 0 Å². The molecule has 0 radical (unpaired) electrons. The molecule has 84 valence electrons. The smallest absolute Gasteiger partial charge is 0.00755 e. The molecule has 0 heterocycles. The Labute approximate surface area is 101 Å². The highest BCUT2D eigenvalue weighted by molar-refractivity contribution is 7.98. The zero-order valence-electron chi connectivity index (χ0n) is 9.73. The molecule has 16 heavy (non-hydrogen) atoms. The van der Waals surface area contributed by atoms with Crippen LogP contribution in [-0.2, 0) is 6.42 Å². The molecule has 0 fully saturated rings. The number of nitrogens with two attached hydrogens (primary N) is 1. The lowest BCUT2D eigenvalue weighted by Crippen LogP contribution is -2.17. The molecule has 0 aromatic heterocycles. The van der Waals surface area contributed by atoms with Crippen LogP contribution in [0.5, 0.6) is 0 Å². The predicted octanol–water partition coefficient (Wildman–Crippen LogP) is 3.45. The fourth-order valence-electron chi connectivity index (χ4n) is 1.90. The van der Waals surface area contributed by atoms with Gasteiger partial charge in [0.25, 0.3) is 0 Å². The fourth-order valence-corrected chi connectivity index (χ4v) is 2.35. The Morgan fingerprint density at radius 3 is 2.50 bits per heavy atom. The Morgan fingerprint density at radius 2 is 1.81 bits per heavy atom. The first kappa shape index (κ1) is 11.5. The van der Waals surface area contributed by atoms with Crippen molar-refractivity contribution in [3.63, 3.8) is 0 Å². The van der Waals surface area contributed by atoms with Crippen molar-refractivity contribution < 1.29 is 0 Å². The quantitative estimate of drug-likeness (QED) is 0.819. The van der Waals surface area contributed by atoms with E-state index < -0.39 is 0 Å². The standard InChI is InChI=1S/C14H17NS/c1-10(15)7-11-3-4-13-9-14(16-2)6-5-12(13)8-11/h3-6,8-10H,7,15H2,1-2H3. The van der Waals surface area contributed by atoms with Gasteiger partial charge in [0.15, 0.2) is 0 Å². The first-order chi connectivity index (χ1) is 7.69. The lowest BCUT2D eigenvalue weighted by Gasteiger charge is -2.07. The van der Waals surface area contributed by atoms with Gasteiger partial charge in [0.05, 0.1) is 0 Å². The highest BCUT2D eigenvalue weighted by Crippen LogP contribution is 2.23. The molecule has 1 nitrogen and oxygen atoms in total. The number of rotatable bonds is 3. The number of thioether (sulfide) groups is 1. The van der Waals surface area contributed by atoms with Crippen molar-refractivity contribution in [1.82, 2.24) is 0 Å². The normalized spacial score (nSPS) is 12.9. The summed E-state index contributed by atoms with van der Waals surface area (Å²) in [6.07, 6.45) is 3.05. The van der Waals surface area contributed by atoms with Crippen LogP contribution in [0.2, 0.25) is 0 Å². The van der Waals surface area contributed by atoms with E-state index in [9.17, 15) is 0 Å². The zero-order chi connectivity index (χ0) is 11.5. The molecule has 0 aliphatic heterocycles. The van der Waals surface area contributed by atoms with Crippen LogP contribution < -0.4 is 5.73 Å². The first-order valence-corrected chi connectivity index (χ1v) is 6.74. The molecule has 2 aromatic carbocycles. The van der Waals surface area contributed by atoms with Crippen LogP contribution in [0.3, 0.4) is 0 Å². The van der Waals surface area contributed by atoms with Crippen molar-refractivity contribution in [2.24, 2.45) is 5.73 Å². The molecule has 0 spiro atoms. The van der Waals surface area contributed by atoms with Crippen LogP contribution in [0.25, 0.3) is 10.8 Å². The van der Waals surface area contributed by atoms with E-state index in [4.69, 9.17) is 5.73 Å². The van der Waals surface area contributed by atoms with Crippen LogP contribution in [-0.4, -0.2) is 12.3 Å². The fraction of sp³-hybridized carbons (Fsp3) is 0.286. The highest BCUT2D eigenvalue weighted by atomic mass is 32.2. The third kappa shape index (κ3) is 2.57. The monoisotopic (exact) mass is 231 g/mol. The average molecular weight is 231 g/mol. The Balaban J connectivity index is 2.39. The van der Waals surface area contributed by atoms with Gasteiger partial charge in [-0.1, -0.05) is 24.3 Å². The second kappa shape index (κ2) is 4.89. The van der Waals surface area contributed by atoms with Gasteiger partial charge in [-0.05, 0) is 48.1 Å². The molecule has 1 unspecified atom stereocenters. The third-order valence-electron chi connectivity index (χ3n) is 2.67. The van der Waals surface area contributed by atoms with Gasteiger partial charge in [-0.25, -0.2) is 0 Å². The molecule has 0 aliphatic carbocycles. The summed E-state index contributed by atoms with van der Waals surface area (Å²) in [6.45, 7) is 2.04. The number of fused-ring (bicyclic) bond motifs is 1. The van der Waals surface area contributed by atoms with Crippen molar-refractivity contribution >= 4 is 22.5 Å². The summed E-state index contributed by atoms with van der Waals surface area (Å²) in [4.78, 5) is 1.31. The van der Waals surface area contributed by atoms with Gasteiger partial charge < -0.3 is 5.73 Å². The average Bonchev–Trinajstić information content (AvgIpc) is 2.27. The lowest BCUT2D eigenvalue weighted by molar-refractivity contribution is 0.739. The molecule has 2 heteroatoms. The van der Waals surface area contributed by atoms with Crippen LogP contribution in [0.15, 0.2) is 41.3 Å². The van der Waals surface area contributed by atoms with Crippen LogP contribution in [0.4, 0.5) is 0 Å². The maximum absolute atomic E-state index is 5.81.